The van der Waals surface area contributed by atoms with Gasteiger partial charge in [-0.3, -0.25) is 14.3 Å². The van der Waals surface area contributed by atoms with Gasteiger partial charge in [0, 0.05) is 50.4 Å². The minimum absolute atomic E-state index is 0.0212. The SMILES string of the molecule is Cc1ccc(OCC(=O)N2CCc3c(c(C(=O)N4CCOCC4)nn3CCC(C)C)C2)cc1. The van der Waals surface area contributed by atoms with Gasteiger partial charge in [-0.2, -0.15) is 5.10 Å². The Balaban J connectivity index is 1.50. The molecule has 0 saturated carbocycles. The molecule has 2 aliphatic heterocycles. The molecule has 2 amide bonds. The summed E-state index contributed by atoms with van der Waals surface area (Å²) in [5.74, 6) is 1.07. The number of ether oxygens (including phenoxy) is 2. The van der Waals surface area contributed by atoms with Gasteiger partial charge in [0.2, 0.25) is 0 Å². The first kappa shape index (κ1) is 23.3. The molecule has 178 valence electrons. The molecular weight excluding hydrogens is 420 g/mol. The van der Waals surface area contributed by atoms with Crippen LogP contribution in [0.4, 0.5) is 0 Å². The topological polar surface area (TPSA) is 76.9 Å². The molecule has 0 atom stereocenters. The highest BCUT2D eigenvalue weighted by atomic mass is 16.5. The monoisotopic (exact) mass is 454 g/mol. The quantitative estimate of drug-likeness (QED) is 0.643. The van der Waals surface area contributed by atoms with Crippen molar-refractivity contribution in [1.29, 1.82) is 0 Å². The summed E-state index contributed by atoms with van der Waals surface area (Å²) in [5, 5.41) is 4.75. The van der Waals surface area contributed by atoms with Crippen molar-refractivity contribution < 1.29 is 19.1 Å². The number of amides is 2. The number of carbonyl (C=O) groups is 2. The lowest BCUT2D eigenvalue weighted by Crippen LogP contribution is -2.42. The summed E-state index contributed by atoms with van der Waals surface area (Å²) in [6, 6.07) is 7.66. The van der Waals surface area contributed by atoms with Crippen LogP contribution in [0.25, 0.3) is 0 Å². The van der Waals surface area contributed by atoms with E-state index >= 15 is 0 Å². The highest BCUT2D eigenvalue weighted by molar-refractivity contribution is 5.94. The average molecular weight is 455 g/mol. The van der Waals surface area contributed by atoms with Crippen molar-refractivity contribution >= 4 is 11.8 Å². The van der Waals surface area contributed by atoms with E-state index in [9.17, 15) is 9.59 Å². The zero-order chi connectivity index (χ0) is 23.4. The fourth-order valence-corrected chi connectivity index (χ4v) is 4.23. The van der Waals surface area contributed by atoms with Crippen molar-refractivity contribution in [3.8, 4) is 5.75 Å². The Bertz CT molecular complexity index is 977. The highest BCUT2D eigenvalue weighted by Gasteiger charge is 2.32. The Morgan fingerprint density at radius 2 is 1.82 bits per heavy atom. The lowest BCUT2D eigenvalue weighted by Gasteiger charge is -2.29. The van der Waals surface area contributed by atoms with E-state index in [1.165, 1.54) is 0 Å². The van der Waals surface area contributed by atoms with Crippen molar-refractivity contribution in [3.05, 3.63) is 46.8 Å². The van der Waals surface area contributed by atoms with Gasteiger partial charge in [-0.15, -0.1) is 0 Å². The molecular formula is C25H34N4O4. The van der Waals surface area contributed by atoms with Crippen LogP contribution in [0.1, 0.15) is 47.6 Å². The second-order valence-electron chi connectivity index (χ2n) is 9.25. The number of aryl methyl sites for hydroxylation is 2. The van der Waals surface area contributed by atoms with E-state index in [2.05, 4.69) is 13.8 Å². The molecule has 3 heterocycles. The number of carbonyl (C=O) groups excluding carboxylic acids is 2. The Morgan fingerprint density at radius 1 is 1.09 bits per heavy atom. The number of morpholine rings is 1. The summed E-state index contributed by atoms with van der Waals surface area (Å²) >= 11 is 0. The summed E-state index contributed by atoms with van der Waals surface area (Å²) in [6.07, 6.45) is 1.68. The average Bonchev–Trinajstić information content (AvgIpc) is 3.20. The molecule has 0 radical (unpaired) electrons. The van der Waals surface area contributed by atoms with Crippen LogP contribution in [0.5, 0.6) is 5.75 Å². The zero-order valence-corrected chi connectivity index (χ0v) is 19.9. The predicted octanol–water partition coefficient (Wildman–Crippen LogP) is 2.67. The van der Waals surface area contributed by atoms with E-state index in [-0.39, 0.29) is 18.4 Å². The molecule has 0 N–H and O–H groups in total. The second kappa shape index (κ2) is 10.4. The first-order chi connectivity index (χ1) is 15.9. The van der Waals surface area contributed by atoms with E-state index in [1.54, 1.807) is 9.80 Å². The van der Waals surface area contributed by atoms with E-state index in [4.69, 9.17) is 14.6 Å². The number of rotatable bonds is 7. The Hall–Kier alpha value is -2.87. The molecule has 1 saturated heterocycles. The van der Waals surface area contributed by atoms with Gasteiger partial charge in [0.1, 0.15) is 5.75 Å². The van der Waals surface area contributed by atoms with Gasteiger partial charge < -0.3 is 19.3 Å². The van der Waals surface area contributed by atoms with E-state index < -0.39 is 0 Å². The zero-order valence-electron chi connectivity index (χ0n) is 19.9. The molecule has 8 heteroatoms. The molecule has 33 heavy (non-hydrogen) atoms. The van der Waals surface area contributed by atoms with Crippen LogP contribution in [-0.2, 0) is 29.0 Å². The van der Waals surface area contributed by atoms with Gasteiger partial charge in [-0.1, -0.05) is 31.5 Å². The molecule has 1 aromatic heterocycles. The van der Waals surface area contributed by atoms with E-state index in [0.717, 1.165) is 29.8 Å². The summed E-state index contributed by atoms with van der Waals surface area (Å²) in [6.45, 7) is 10.4. The van der Waals surface area contributed by atoms with Gasteiger partial charge >= 0.3 is 0 Å². The van der Waals surface area contributed by atoms with Crippen LogP contribution in [-0.4, -0.2) is 70.8 Å². The van der Waals surface area contributed by atoms with Gasteiger partial charge in [0.25, 0.3) is 11.8 Å². The maximum absolute atomic E-state index is 13.3. The first-order valence-corrected chi connectivity index (χ1v) is 11.8. The smallest absolute Gasteiger partial charge is 0.274 e. The summed E-state index contributed by atoms with van der Waals surface area (Å²) in [5.41, 5.74) is 3.58. The second-order valence-corrected chi connectivity index (χ2v) is 9.25. The molecule has 4 rings (SSSR count). The molecule has 0 spiro atoms. The van der Waals surface area contributed by atoms with Crippen LogP contribution in [0.3, 0.4) is 0 Å². The van der Waals surface area contributed by atoms with E-state index in [0.29, 0.717) is 63.2 Å². The number of benzene rings is 1. The maximum Gasteiger partial charge on any atom is 0.274 e. The van der Waals surface area contributed by atoms with Crippen LogP contribution in [0, 0.1) is 12.8 Å². The number of fused-ring (bicyclic) bond motifs is 1. The van der Waals surface area contributed by atoms with Gasteiger partial charge in [0.05, 0.1) is 13.2 Å². The van der Waals surface area contributed by atoms with Crippen molar-refractivity contribution in [3.63, 3.8) is 0 Å². The summed E-state index contributed by atoms with van der Waals surface area (Å²) in [7, 11) is 0. The highest BCUT2D eigenvalue weighted by Crippen LogP contribution is 2.25. The van der Waals surface area contributed by atoms with Gasteiger partial charge in [-0.05, 0) is 31.4 Å². The Labute approximate surface area is 195 Å². The van der Waals surface area contributed by atoms with Crippen molar-refractivity contribution in [2.45, 2.75) is 46.7 Å². The molecule has 0 aliphatic carbocycles. The van der Waals surface area contributed by atoms with E-state index in [1.807, 2.05) is 35.9 Å². The van der Waals surface area contributed by atoms with Crippen LogP contribution in [0.15, 0.2) is 24.3 Å². The van der Waals surface area contributed by atoms with Gasteiger partial charge in [0.15, 0.2) is 12.3 Å². The number of nitrogens with zero attached hydrogens (tertiary/aromatic N) is 4. The van der Waals surface area contributed by atoms with Crippen molar-refractivity contribution in [2.24, 2.45) is 5.92 Å². The van der Waals surface area contributed by atoms with Crippen LogP contribution < -0.4 is 4.74 Å². The van der Waals surface area contributed by atoms with Crippen molar-refractivity contribution in [2.75, 3.05) is 39.5 Å². The van der Waals surface area contributed by atoms with Crippen molar-refractivity contribution in [1.82, 2.24) is 19.6 Å². The minimum Gasteiger partial charge on any atom is -0.484 e. The molecule has 1 fully saturated rings. The fraction of sp³-hybridized carbons (Fsp3) is 0.560. The molecule has 0 unspecified atom stereocenters. The fourth-order valence-electron chi connectivity index (χ4n) is 4.23. The van der Waals surface area contributed by atoms with Gasteiger partial charge in [-0.25, -0.2) is 0 Å². The Morgan fingerprint density at radius 3 is 2.52 bits per heavy atom. The standard InChI is InChI=1S/C25H34N4O4/c1-18(2)8-11-29-22-9-10-28(23(30)17-33-20-6-4-19(3)5-7-20)16-21(22)24(26-29)25(31)27-12-14-32-15-13-27/h4-7,18H,8-17H2,1-3H3. The number of hydrogen-bond donors (Lipinski definition) is 0. The lowest BCUT2D eigenvalue weighted by molar-refractivity contribution is -0.134. The third kappa shape index (κ3) is 5.55. The number of hydrogen-bond acceptors (Lipinski definition) is 5. The third-order valence-corrected chi connectivity index (χ3v) is 6.29. The normalized spacial score (nSPS) is 16.1. The molecule has 2 aromatic rings. The summed E-state index contributed by atoms with van der Waals surface area (Å²) in [4.78, 5) is 29.8. The molecule has 0 bridgehead atoms. The summed E-state index contributed by atoms with van der Waals surface area (Å²) < 4.78 is 13.1. The predicted molar refractivity (Wildman–Crippen MR) is 124 cm³/mol. The largest absolute Gasteiger partial charge is 0.484 e. The minimum atomic E-state index is -0.0825. The number of aromatic nitrogens is 2. The molecule has 1 aromatic carbocycles. The third-order valence-electron chi connectivity index (χ3n) is 6.29. The van der Waals surface area contributed by atoms with Crippen LogP contribution in [0.2, 0.25) is 0 Å². The molecule has 2 aliphatic rings. The molecule has 8 nitrogen and oxygen atoms in total. The Kier molecular flexibility index (Phi) is 7.33. The van der Waals surface area contributed by atoms with Crippen LogP contribution >= 0.6 is 0 Å². The maximum atomic E-state index is 13.3. The first-order valence-electron chi connectivity index (χ1n) is 11.8. The lowest BCUT2D eigenvalue weighted by atomic mass is 10.0.